The topological polar surface area (TPSA) is 65.4 Å². The monoisotopic (exact) mass is 409 g/mol. The van der Waals surface area contributed by atoms with Crippen molar-refractivity contribution in [3.63, 3.8) is 0 Å². The molecule has 0 atom stereocenters. The predicted octanol–water partition coefficient (Wildman–Crippen LogP) is 2.09. The first-order valence-electron chi connectivity index (χ1n) is 5.42. The third kappa shape index (κ3) is 4.30. The van der Waals surface area contributed by atoms with Gasteiger partial charge in [-0.2, -0.15) is 8.42 Å². The highest BCUT2D eigenvalue weighted by molar-refractivity contribution is 14.1. The van der Waals surface area contributed by atoms with E-state index in [4.69, 9.17) is 0 Å². The molecule has 106 valence electrons. The summed E-state index contributed by atoms with van der Waals surface area (Å²) in [6, 6.07) is 9.13. The standard InChI is InChI=1S/C12H9FINO4S/c13-20(17,18)19-11-3-1-2-9(6-11)8-15-5-4-10(14)7-12(15)16/h1-7H,8H2. The summed E-state index contributed by atoms with van der Waals surface area (Å²) in [5, 5.41) is 0. The fourth-order valence-corrected chi connectivity index (χ4v) is 2.38. The van der Waals surface area contributed by atoms with E-state index in [2.05, 4.69) is 4.18 Å². The second-order valence-electron chi connectivity index (χ2n) is 3.93. The molecule has 0 bridgehead atoms. The van der Waals surface area contributed by atoms with E-state index in [1.807, 2.05) is 22.6 Å². The molecular weight excluding hydrogens is 400 g/mol. The lowest BCUT2D eigenvalue weighted by Gasteiger charge is -2.07. The molecule has 0 radical (unpaired) electrons. The highest BCUT2D eigenvalue weighted by atomic mass is 127. The lowest BCUT2D eigenvalue weighted by Crippen LogP contribution is -2.19. The molecule has 0 fully saturated rings. The summed E-state index contributed by atoms with van der Waals surface area (Å²) < 4.78 is 39.7. The molecule has 0 unspecified atom stereocenters. The fourth-order valence-electron chi connectivity index (χ4n) is 1.62. The van der Waals surface area contributed by atoms with Gasteiger partial charge >= 0.3 is 10.5 Å². The summed E-state index contributed by atoms with van der Waals surface area (Å²) in [6.07, 6.45) is 1.63. The van der Waals surface area contributed by atoms with E-state index in [9.17, 15) is 17.1 Å². The zero-order valence-electron chi connectivity index (χ0n) is 9.99. The first-order valence-corrected chi connectivity index (χ1v) is 7.81. The number of benzene rings is 1. The third-order valence-electron chi connectivity index (χ3n) is 2.41. The van der Waals surface area contributed by atoms with Crippen LogP contribution in [0.4, 0.5) is 3.89 Å². The van der Waals surface area contributed by atoms with Crippen LogP contribution < -0.4 is 9.74 Å². The van der Waals surface area contributed by atoms with Crippen molar-refractivity contribution in [2.24, 2.45) is 0 Å². The Kier molecular flexibility index (Phi) is 4.43. The molecule has 0 N–H and O–H groups in total. The molecule has 1 heterocycles. The number of nitrogens with zero attached hydrogens (tertiary/aromatic N) is 1. The number of hydrogen-bond donors (Lipinski definition) is 0. The van der Waals surface area contributed by atoms with Gasteiger partial charge in [-0.3, -0.25) is 4.79 Å². The summed E-state index contributed by atoms with van der Waals surface area (Å²) in [4.78, 5) is 11.7. The number of pyridine rings is 1. The summed E-state index contributed by atoms with van der Waals surface area (Å²) in [6.45, 7) is 0.235. The lowest BCUT2D eigenvalue weighted by molar-refractivity contribution is 0.440. The van der Waals surface area contributed by atoms with Crippen LogP contribution in [-0.2, 0) is 17.0 Å². The van der Waals surface area contributed by atoms with Crippen molar-refractivity contribution in [2.75, 3.05) is 0 Å². The van der Waals surface area contributed by atoms with Crippen LogP contribution >= 0.6 is 22.6 Å². The number of halogens is 2. The molecule has 5 nitrogen and oxygen atoms in total. The Labute approximate surface area is 128 Å². The lowest BCUT2D eigenvalue weighted by atomic mass is 10.2. The van der Waals surface area contributed by atoms with Crippen LogP contribution in [0.2, 0.25) is 0 Å². The van der Waals surface area contributed by atoms with Gasteiger partial charge in [-0.1, -0.05) is 16.0 Å². The van der Waals surface area contributed by atoms with Crippen LogP contribution in [0.1, 0.15) is 5.56 Å². The summed E-state index contributed by atoms with van der Waals surface area (Å²) in [7, 11) is -5.05. The molecule has 0 spiro atoms. The molecule has 20 heavy (non-hydrogen) atoms. The Morgan fingerprint density at radius 1 is 1.25 bits per heavy atom. The van der Waals surface area contributed by atoms with Crippen molar-refractivity contribution < 1.29 is 16.5 Å². The van der Waals surface area contributed by atoms with Gasteiger partial charge in [0.25, 0.3) is 5.56 Å². The number of aromatic nitrogens is 1. The number of rotatable bonds is 4. The van der Waals surface area contributed by atoms with Crippen LogP contribution in [0, 0.1) is 3.57 Å². The van der Waals surface area contributed by atoms with Crippen molar-refractivity contribution in [1.29, 1.82) is 0 Å². The normalized spacial score (nSPS) is 11.3. The van der Waals surface area contributed by atoms with E-state index in [0.717, 1.165) is 3.57 Å². The second kappa shape index (κ2) is 5.92. The molecule has 0 aliphatic heterocycles. The zero-order valence-corrected chi connectivity index (χ0v) is 13.0. The van der Waals surface area contributed by atoms with Gasteiger partial charge in [0.15, 0.2) is 0 Å². The van der Waals surface area contributed by atoms with E-state index in [1.54, 1.807) is 18.3 Å². The van der Waals surface area contributed by atoms with Gasteiger partial charge in [0.1, 0.15) is 5.75 Å². The van der Waals surface area contributed by atoms with Gasteiger partial charge in [-0.15, -0.1) is 0 Å². The number of hydrogen-bond acceptors (Lipinski definition) is 4. The minimum atomic E-state index is -5.05. The minimum absolute atomic E-state index is 0.136. The van der Waals surface area contributed by atoms with Crippen LogP contribution in [0.15, 0.2) is 47.4 Å². The molecule has 0 aliphatic carbocycles. The van der Waals surface area contributed by atoms with Gasteiger partial charge in [-0.25, -0.2) is 0 Å². The van der Waals surface area contributed by atoms with Crippen molar-refractivity contribution >= 4 is 33.1 Å². The van der Waals surface area contributed by atoms with Crippen molar-refractivity contribution in [3.8, 4) is 5.75 Å². The molecule has 2 rings (SSSR count). The van der Waals surface area contributed by atoms with Gasteiger partial charge < -0.3 is 8.75 Å². The van der Waals surface area contributed by atoms with Gasteiger partial charge in [0.05, 0.1) is 6.54 Å². The molecule has 0 saturated heterocycles. The predicted molar refractivity (Wildman–Crippen MR) is 79.6 cm³/mol. The molecule has 0 aliphatic rings. The first kappa shape index (κ1) is 15.0. The minimum Gasteiger partial charge on any atom is -0.358 e. The average molecular weight is 409 g/mol. The van der Waals surface area contributed by atoms with E-state index in [0.29, 0.717) is 5.56 Å². The van der Waals surface area contributed by atoms with E-state index in [1.165, 1.54) is 28.8 Å². The molecule has 8 heteroatoms. The average Bonchev–Trinajstić information content (AvgIpc) is 2.31. The molecule has 0 saturated carbocycles. The Balaban J connectivity index is 2.26. The van der Waals surface area contributed by atoms with Crippen LogP contribution in [-0.4, -0.2) is 13.0 Å². The van der Waals surface area contributed by atoms with Crippen LogP contribution in [0.25, 0.3) is 0 Å². The summed E-state index contributed by atoms with van der Waals surface area (Å²) in [5.41, 5.74) is 0.441. The molecule has 1 aromatic heterocycles. The van der Waals surface area contributed by atoms with Crippen molar-refractivity contribution in [1.82, 2.24) is 4.57 Å². The highest BCUT2D eigenvalue weighted by Gasteiger charge is 2.10. The van der Waals surface area contributed by atoms with Crippen molar-refractivity contribution in [2.45, 2.75) is 6.54 Å². The largest absolute Gasteiger partial charge is 0.488 e. The Bertz CT molecular complexity index is 788. The van der Waals surface area contributed by atoms with Crippen molar-refractivity contribution in [3.05, 3.63) is 62.1 Å². The molecule has 1 aromatic carbocycles. The maximum atomic E-state index is 12.4. The van der Waals surface area contributed by atoms with E-state index in [-0.39, 0.29) is 17.9 Å². The van der Waals surface area contributed by atoms with E-state index < -0.39 is 10.5 Å². The quantitative estimate of drug-likeness (QED) is 0.573. The second-order valence-corrected chi connectivity index (χ2v) is 6.13. The third-order valence-corrected chi connectivity index (χ3v) is 3.47. The molecular formula is C12H9FINO4S. The van der Waals surface area contributed by atoms with Crippen LogP contribution in [0.3, 0.4) is 0 Å². The van der Waals surface area contributed by atoms with Gasteiger partial charge in [0.2, 0.25) is 0 Å². The fraction of sp³-hybridized carbons (Fsp3) is 0.0833. The van der Waals surface area contributed by atoms with E-state index >= 15 is 0 Å². The molecule has 0 amide bonds. The Hall–Kier alpha value is -1.42. The highest BCUT2D eigenvalue weighted by Crippen LogP contribution is 2.16. The smallest absolute Gasteiger partial charge is 0.358 e. The van der Waals surface area contributed by atoms with Gasteiger partial charge in [0, 0.05) is 15.8 Å². The molecule has 2 aromatic rings. The Morgan fingerprint density at radius 3 is 2.65 bits per heavy atom. The summed E-state index contributed by atoms with van der Waals surface area (Å²) >= 11 is 2.03. The Morgan fingerprint density at radius 2 is 2.00 bits per heavy atom. The maximum Gasteiger partial charge on any atom is 0.488 e. The van der Waals surface area contributed by atoms with Crippen LogP contribution in [0.5, 0.6) is 5.75 Å². The SMILES string of the molecule is O=c1cc(I)ccn1Cc1cccc(OS(=O)(=O)F)c1. The maximum absolute atomic E-state index is 12.4. The summed E-state index contributed by atoms with van der Waals surface area (Å²) in [5.74, 6) is -0.136. The van der Waals surface area contributed by atoms with Gasteiger partial charge in [-0.05, 0) is 46.4 Å². The first-order chi connectivity index (χ1) is 9.33. The zero-order chi connectivity index (χ0) is 14.8.